The Morgan fingerprint density at radius 3 is 2.50 bits per heavy atom. The maximum absolute atomic E-state index is 12.6. The quantitative estimate of drug-likeness (QED) is 0.783. The smallest absolute Gasteiger partial charge is 0.241 e. The summed E-state index contributed by atoms with van der Waals surface area (Å²) in [6.07, 6.45) is 2.90. The highest BCUT2D eigenvalue weighted by molar-refractivity contribution is 5.85. The molecule has 2 aliphatic rings. The van der Waals surface area contributed by atoms with Crippen molar-refractivity contribution in [1.82, 2.24) is 21.1 Å². The van der Waals surface area contributed by atoms with Crippen molar-refractivity contribution in [3.8, 4) is 0 Å². The molecule has 2 aliphatic heterocycles. The van der Waals surface area contributed by atoms with Gasteiger partial charge in [-0.2, -0.15) is 0 Å². The Morgan fingerprint density at radius 2 is 1.82 bits per heavy atom. The lowest BCUT2D eigenvalue weighted by atomic mass is 10.00. The van der Waals surface area contributed by atoms with E-state index < -0.39 is 0 Å². The van der Waals surface area contributed by atoms with E-state index in [1.807, 2.05) is 30.1 Å². The van der Waals surface area contributed by atoms with E-state index in [0.717, 1.165) is 32.4 Å². The summed E-state index contributed by atoms with van der Waals surface area (Å²) in [5.41, 5.74) is 7.65. The number of amides is 1. The Kier molecular flexibility index (Phi) is 6.20. The van der Waals surface area contributed by atoms with Gasteiger partial charge in [-0.3, -0.25) is 4.79 Å². The van der Waals surface area contributed by atoms with Crippen LogP contribution in [0.3, 0.4) is 0 Å². The minimum atomic E-state index is -0.130. The molecule has 0 radical (unpaired) electrons. The van der Waals surface area contributed by atoms with Gasteiger partial charge in [0.1, 0.15) is 6.04 Å². The van der Waals surface area contributed by atoms with Crippen LogP contribution in [0.4, 0.5) is 0 Å². The zero-order chi connectivity index (χ0) is 14.7. The van der Waals surface area contributed by atoms with Crippen molar-refractivity contribution in [2.24, 2.45) is 0 Å². The van der Waals surface area contributed by atoms with Gasteiger partial charge >= 0.3 is 0 Å². The summed E-state index contributed by atoms with van der Waals surface area (Å²) in [6, 6.07) is 10.7. The molecular weight excluding hydrogens is 300 g/mol. The van der Waals surface area contributed by atoms with Gasteiger partial charge in [-0.05, 0) is 37.9 Å². The van der Waals surface area contributed by atoms with Crippen LogP contribution in [0.2, 0.25) is 0 Å². The minimum absolute atomic E-state index is 0. The second-order valence-corrected chi connectivity index (χ2v) is 5.97. The number of hydrazine groups is 1. The van der Waals surface area contributed by atoms with E-state index in [2.05, 4.69) is 28.3 Å². The van der Waals surface area contributed by atoms with E-state index in [4.69, 9.17) is 0 Å². The van der Waals surface area contributed by atoms with Gasteiger partial charge in [0.15, 0.2) is 0 Å². The molecule has 2 saturated heterocycles. The molecule has 1 aromatic carbocycles. The Hall–Kier alpha value is -1.14. The van der Waals surface area contributed by atoms with E-state index in [9.17, 15) is 4.79 Å². The maximum atomic E-state index is 12.6. The summed E-state index contributed by atoms with van der Waals surface area (Å²) in [4.78, 5) is 14.6. The van der Waals surface area contributed by atoms with Crippen LogP contribution >= 0.6 is 12.4 Å². The van der Waals surface area contributed by atoms with E-state index >= 15 is 0 Å². The Morgan fingerprint density at radius 1 is 1.14 bits per heavy atom. The predicted octanol–water partition coefficient (Wildman–Crippen LogP) is 1.23. The standard InChI is InChI=1S/C16H24N4O.ClH/c1-20(13-7-9-17-10-8-13)16(21)15-11-14(18-19-15)12-5-3-2-4-6-12;/h2-6,13-15,17-19H,7-11H2,1H3;1H. The maximum Gasteiger partial charge on any atom is 0.241 e. The predicted molar refractivity (Wildman–Crippen MR) is 89.8 cm³/mol. The lowest BCUT2D eigenvalue weighted by Gasteiger charge is -2.33. The van der Waals surface area contributed by atoms with Crippen LogP contribution < -0.4 is 16.2 Å². The molecule has 1 aromatic rings. The van der Waals surface area contributed by atoms with Crippen LogP contribution in [0.5, 0.6) is 0 Å². The Balaban J connectivity index is 0.00000176. The topological polar surface area (TPSA) is 56.4 Å². The minimum Gasteiger partial charge on any atom is -0.341 e. The molecule has 0 saturated carbocycles. The van der Waals surface area contributed by atoms with Gasteiger partial charge in [0.25, 0.3) is 0 Å². The highest BCUT2D eigenvalue weighted by atomic mass is 35.5. The van der Waals surface area contributed by atoms with Crippen molar-refractivity contribution in [2.45, 2.75) is 37.4 Å². The number of piperidine rings is 1. The summed E-state index contributed by atoms with van der Waals surface area (Å²) in [5.74, 6) is 0.202. The number of halogens is 1. The second-order valence-electron chi connectivity index (χ2n) is 5.97. The second kappa shape index (κ2) is 7.92. The average molecular weight is 325 g/mol. The third-order valence-electron chi connectivity index (χ3n) is 4.61. The molecule has 0 spiro atoms. The molecule has 2 unspecified atom stereocenters. The number of benzene rings is 1. The van der Waals surface area contributed by atoms with E-state index in [1.165, 1.54) is 5.56 Å². The van der Waals surface area contributed by atoms with Crippen molar-refractivity contribution in [2.75, 3.05) is 20.1 Å². The van der Waals surface area contributed by atoms with Gasteiger partial charge in [-0.1, -0.05) is 30.3 Å². The zero-order valence-electron chi connectivity index (χ0n) is 12.9. The third kappa shape index (κ3) is 3.79. The van der Waals surface area contributed by atoms with E-state index in [-0.39, 0.29) is 30.4 Å². The number of carbonyl (C=O) groups excluding carboxylic acids is 1. The number of carbonyl (C=O) groups is 1. The molecule has 5 nitrogen and oxygen atoms in total. The molecule has 0 aromatic heterocycles. The number of rotatable bonds is 3. The number of hydrogen-bond acceptors (Lipinski definition) is 4. The fraction of sp³-hybridized carbons (Fsp3) is 0.562. The molecule has 3 N–H and O–H groups in total. The van der Waals surface area contributed by atoms with Crippen LogP contribution in [0.1, 0.15) is 30.9 Å². The fourth-order valence-corrected chi connectivity index (χ4v) is 3.24. The van der Waals surface area contributed by atoms with Crippen molar-refractivity contribution in [3.05, 3.63) is 35.9 Å². The molecule has 6 heteroatoms. The molecular formula is C16H25ClN4O. The van der Waals surface area contributed by atoms with Gasteiger partial charge in [0.2, 0.25) is 5.91 Å². The number of hydrogen-bond donors (Lipinski definition) is 3. The first kappa shape index (κ1) is 17.2. The fourth-order valence-electron chi connectivity index (χ4n) is 3.24. The van der Waals surface area contributed by atoms with E-state index in [0.29, 0.717) is 6.04 Å². The third-order valence-corrected chi connectivity index (χ3v) is 4.61. The van der Waals surface area contributed by atoms with Gasteiger partial charge in [-0.15, -0.1) is 12.4 Å². The highest BCUT2D eigenvalue weighted by Crippen LogP contribution is 2.23. The van der Waals surface area contributed by atoms with Crippen LogP contribution in [0.25, 0.3) is 0 Å². The molecule has 3 rings (SSSR count). The lowest BCUT2D eigenvalue weighted by molar-refractivity contribution is -0.134. The van der Waals surface area contributed by atoms with Gasteiger partial charge < -0.3 is 10.2 Å². The van der Waals surface area contributed by atoms with Crippen molar-refractivity contribution < 1.29 is 4.79 Å². The zero-order valence-corrected chi connectivity index (χ0v) is 13.7. The normalized spacial score (nSPS) is 25.5. The lowest BCUT2D eigenvalue weighted by Crippen LogP contribution is -2.50. The summed E-state index contributed by atoms with van der Waals surface area (Å²) in [7, 11) is 1.94. The molecule has 22 heavy (non-hydrogen) atoms. The average Bonchev–Trinajstić information content (AvgIpc) is 3.05. The molecule has 2 atom stereocenters. The summed E-state index contributed by atoms with van der Waals surface area (Å²) in [5, 5.41) is 3.34. The monoisotopic (exact) mass is 324 g/mol. The SMILES string of the molecule is CN(C(=O)C1CC(c2ccccc2)NN1)C1CCNCC1.Cl. The van der Waals surface area contributed by atoms with Crippen molar-refractivity contribution in [1.29, 1.82) is 0 Å². The number of likely N-dealkylation sites (N-methyl/N-ethyl adjacent to an activating group) is 1. The molecule has 0 bridgehead atoms. The highest BCUT2D eigenvalue weighted by Gasteiger charge is 2.34. The molecule has 2 fully saturated rings. The first-order valence-electron chi connectivity index (χ1n) is 7.79. The first-order chi connectivity index (χ1) is 10.3. The van der Waals surface area contributed by atoms with Crippen molar-refractivity contribution >= 4 is 18.3 Å². The van der Waals surface area contributed by atoms with Crippen LogP contribution in [-0.2, 0) is 4.79 Å². The largest absolute Gasteiger partial charge is 0.341 e. The molecule has 2 heterocycles. The Labute approximate surface area is 138 Å². The van der Waals surface area contributed by atoms with Crippen LogP contribution in [0.15, 0.2) is 30.3 Å². The summed E-state index contributed by atoms with van der Waals surface area (Å²) in [6.45, 7) is 2.01. The number of nitrogens with one attached hydrogen (secondary N) is 3. The van der Waals surface area contributed by atoms with Crippen LogP contribution in [-0.4, -0.2) is 43.0 Å². The van der Waals surface area contributed by atoms with E-state index in [1.54, 1.807) is 0 Å². The molecule has 122 valence electrons. The van der Waals surface area contributed by atoms with Crippen molar-refractivity contribution in [3.63, 3.8) is 0 Å². The van der Waals surface area contributed by atoms with Gasteiger partial charge in [0, 0.05) is 19.1 Å². The van der Waals surface area contributed by atoms with Gasteiger partial charge in [-0.25, -0.2) is 10.9 Å². The molecule has 0 aliphatic carbocycles. The summed E-state index contributed by atoms with van der Waals surface area (Å²) >= 11 is 0. The number of nitrogens with zero attached hydrogens (tertiary/aromatic N) is 1. The van der Waals surface area contributed by atoms with Crippen LogP contribution in [0, 0.1) is 0 Å². The molecule has 1 amide bonds. The van der Waals surface area contributed by atoms with Gasteiger partial charge in [0.05, 0.1) is 0 Å². The summed E-state index contributed by atoms with van der Waals surface area (Å²) < 4.78 is 0. The first-order valence-corrected chi connectivity index (χ1v) is 7.79. The Bertz CT molecular complexity index is 478.